The van der Waals surface area contributed by atoms with Crippen molar-refractivity contribution in [3.63, 3.8) is 0 Å². The number of rotatable bonds is 10. The lowest BCUT2D eigenvalue weighted by molar-refractivity contribution is -0.121. The molecule has 7 nitrogen and oxygen atoms in total. The van der Waals surface area contributed by atoms with Gasteiger partial charge in [-0.2, -0.15) is 0 Å². The minimum Gasteiger partial charge on any atom is -0.468 e. The number of aliphatic imine (C=N–C) groups is 1. The number of hydrogen-bond donors (Lipinski definition) is 3. The number of furan rings is 1. The van der Waals surface area contributed by atoms with Crippen LogP contribution in [0.1, 0.15) is 70.1 Å². The van der Waals surface area contributed by atoms with Gasteiger partial charge in [-0.15, -0.1) is 24.0 Å². The highest BCUT2D eigenvalue weighted by atomic mass is 127. The van der Waals surface area contributed by atoms with Gasteiger partial charge in [0.05, 0.1) is 18.8 Å². The first-order valence-corrected chi connectivity index (χ1v) is 11.8. The lowest BCUT2D eigenvalue weighted by atomic mass is 10.0. The summed E-state index contributed by atoms with van der Waals surface area (Å²) in [6, 6.07) is 4.17. The van der Waals surface area contributed by atoms with E-state index < -0.39 is 0 Å². The summed E-state index contributed by atoms with van der Waals surface area (Å²) in [5.74, 6) is 2.53. The van der Waals surface area contributed by atoms with Gasteiger partial charge in [-0.25, -0.2) is 0 Å². The molecule has 1 amide bonds. The molecular formula is C23H40IN5O2. The Kier molecular flexibility index (Phi) is 12.3. The smallest absolute Gasteiger partial charge is 0.220 e. The number of halogens is 1. The number of carbonyl (C=O) groups is 1. The van der Waals surface area contributed by atoms with Crippen LogP contribution in [0.25, 0.3) is 0 Å². The zero-order valence-corrected chi connectivity index (χ0v) is 21.2. The van der Waals surface area contributed by atoms with Crippen LogP contribution in [0.4, 0.5) is 0 Å². The molecule has 176 valence electrons. The van der Waals surface area contributed by atoms with E-state index in [1.165, 1.54) is 44.9 Å². The minimum absolute atomic E-state index is 0. The molecule has 1 aromatic rings. The van der Waals surface area contributed by atoms with Crippen molar-refractivity contribution in [2.45, 2.75) is 64.3 Å². The maximum absolute atomic E-state index is 12.1. The van der Waals surface area contributed by atoms with Crippen molar-refractivity contribution in [2.75, 3.05) is 39.3 Å². The van der Waals surface area contributed by atoms with E-state index in [-0.39, 0.29) is 35.9 Å². The molecule has 1 saturated heterocycles. The van der Waals surface area contributed by atoms with Crippen LogP contribution in [0, 0.1) is 5.92 Å². The zero-order valence-electron chi connectivity index (χ0n) is 18.9. The summed E-state index contributed by atoms with van der Waals surface area (Å²) in [7, 11) is 0. The maximum atomic E-state index is 12.1. The highest BCUT2D eigenvalue weighted by Gasteiger charge is 2.24. The van der Waals surface area contributed by atoms with Crippen LogP contribution in [0.2, 0.25) is 0 Å². The summed E-state index contributed by atoms with van der Waals surface area (Å²) < 4.78 is 5.72. The van der Waals surface area contributed by atoms with E-state index in [4.69, 9.17) is 9.41 Å². The molecule has 0 bridgehead atoms. The lowest BCUT2D eigenvalue weighted by Crippen LogP contribution is -2.42. The lowest BCUT2D eigenvalue weighted by Gasteiger charge is -2.32. The highest BCUT2D eigenvalue weighted by molar-refractivity contribution is 14.0. The van der Waals surface area contributed by atoms with Gasteiger partial charge in [-0.05, 0) is 63.7 Å². The quantitative estimate of drug-likeness (QED) is 0.181. The predicted molar refractivity (Wildman–Crippen MR) is 136 cm³/mol. The van der Waals surface area contributed by atoms with Crippen molar-refractivity contribution in [2.24, 2.45) is 10.9 Å². The third-order valence-corrected chi connectivity index (χ3v) is 6.16. The predicted octanol–water partition coefficient (Wildman–Crippen LogP) is 3.68. The first-order chi connectivity index (χ1) is 14.8. The Labute approximate surface area is 204 Å². The molecule has 1 saturated carbocycles. The van der Waals surface area contributed by atoms with E-state index in [9.17, 15) is 4.79 Å². The van der Waals surface area contributed by atoms with Crippen LogP contribution >= 0.6 is 24.0 Å². The Hall–Kier alpha value is -1.29. The number of amides is 1. The van der Waals surface area contributed by atoms with E-state index >= 15 is 0 Å². The number of piperidine rings is 1. The Bertz CT molecular complexity index is 640. The number of nitrogens with zero attached hydrogens (tertiary/aromatic N) is 2. The van der Waals surface area contributed by atoms with Crippen molar-refractivity contribution in [3.8, 4) is 0 Å². The molecule has 1 atom stereocenters. The van der Waals surface area contributed by atoms with Crippen molar-refractivity contribution in [3.05, 3.63) is 24.2 Å². The summed E-state index contributed by atoms with van der Waals surface area (Å²) in [4.78, 5) is 19.4. The average molecular weight is 546 g/mol. The Morgan fingerprint density at radius 2 is 1.87 bits per heavy atom. The third kappa shape index (κ3) is 9.00. The van der Waals surface area contributed by atoms with Crippen LogP contribution in [0.5, 0.6) is 0 Å². The van der Waals surface area contributed by atoms with Crippen LogP contribution < -0.4 is 16.0 Å². The van der Waals surface area contributed by atoms with E-state index in [0.29, 0.717) is 32.0 Å². The van der Waals surface area contributed by atoms with Crippen LogP contribution in [0.3, 0.4) is 0 Å². The molecule has 31 heavy (non-hydrogen) atoms. The van der Waals surface area contributed by atoms with E-state index in [1.807, 2.05) is 6.07 Å². The van der Waals surface area contributed by atoms with Gasteiger partial charge in [0.1, 0.15) is 5.76 Å². The van der Waals surface area contributed by atoms with E-state index in [2.05, 4.69) is 33.8 Å². The molecule has 1 unspecified atom stereocenters. The third-order valence-electron chi connectivity index (χ3n) is 6.16. The standard InChI is InChI=1S/C23H39N5O2.HI/c1-2-24-23(26-13-12-25-22(29)17-19-9-4-5-10-19)27-18-20(21-11-8-16-30-21)28-14-6-3-7-15-28;/h8,11,16,19-20H,2-7,9-10,12-15,17-18H2,1H3,(H,25,29)(H2,24,26,27);1H. The minimum atomic E-state index is 0. The Balaban J connectivity index is 0.00000341. The van der Waals surface area contributed by atoms with Gasteiger partial charge in [0, 0.05) is 26.1 Å². The van der Waals surface area contributed by atoms with Crippen LogP contribution in [-0.4, -0.2) is 56.0 Å². The molecule has 2 fully saturated rings. The van der Waals surface area contributed by atoms with Crippen LogP contribution in [-0.2, 0) is 4.79 Å². The average Bonchev–Trinajstić information content (AvgIpc) is 3.46. The fraction of sp³-hybridized carbons (Fsp3) is 0.739. The fourth-order valence-electron chi connectivity index (χ4n) is 4.55. The number of likely N-dealkylation sites (tertiary alicyclic amines) is 1. The van der Waals surface area contributed by atoms with Gasteiger partial charge < -0.3 is 20.4 Å². The monoisotopic (exact) mass is 545 g/mol. The molecule has 1 aromatic heterocycles. The second-order valence-corrected chi connectivity index (χ2v) is 8.48. The molecule has 0 radical (unpaired) electrons. The highest BCUT2D eigenvalue weighted by Crippen LogP contribution is 2.27. The zero-order chi connectivity index (χ0) is 21.0. The van der Waals surface area contributed by atoms with Gasteiger partial charge >= 0.3 is 0 Å². The summed E-state index contributed by atoms with van der Waals surface area (Å²) >= 11 is 0. The van der Waals surface area contributed by atoms with Crippen molar-refractivity contribution < 1.29 is 9.21 Å². The summed E-state index contributed by atoms with van der Waals surface area (Å²) in [6.45, 7) is 6.98. The molecule has 2 heterocycles. The van der Waals surface area contributed by atoms with E-state index in [0.717, 1.165) is 31.4 Å². The Morgan fingerprint density at radius 3 is 2.55 bits per heavy atom. The molecule has 8 heteroatoms. The first kappa shape index (κ1) is 26.0. The summed E-state index contributed by atoms with van der Waals surface area (Å²) in [5.41, 5.74) is 0. The first-order valence-electron chi connectivity index (χ1n) is 11.8. The van der Waals surface area contributed by atoms with Gasteiger partial charge in [0.15, 0.2) is 5.96 Å². The molecule has 1 aliphatic heterocycles. The van der Waals surface area contributed by atoms with Crippen molar-refractivity contribution in [1.82, 2.24) is 20.9 Å². The SMILES string of the molecule is CCNC(=NCC(c1ccco1)N1CCCCC1)NCCNC(=O)CC1CCCC1.I. The van der Waals surface area contributed by atoms with Gasteiger partial charge in [0.25, 0.3) is 0 Å². The number of nitrogens with one attached hydrogen (secondary N) is 3. The normalized spacial score (nSPS) is 18.9. The number of carbonyl (C=O) groups excluding carboxylic acids is 1. The fourth-order valence-corrected chi connectivity index (χ4v) is 4.55. The van der Waals surface area contributed by atoms with Gasteiger partial charge in [0.2, 0.25) is 5.91 Å². The molecule has 0 spiro atoms. The molecule has 0 aromatic carbocycles. The van der Waals surface area contributed by atoms with Crippen molar-refractivity contribution in [1.29, 1.82) is 0 Å². The van der Waals surface area contributed by atoms with E-state index in [1.54, 1.807) is 6.26 Å². The Morgan fingerprint density at radius 1 is 1.13 bits per heavy atom. The second-order valence-electron chi connectivity index (χ2n) is 8.48. The van der Waals surface area contributed by atoms with Crippen molar-refractivity contribution >= 4 is 35.8 Å². The van der Waals surface area contributed by atoms with Gasteiger partial charge in [-0.1, -0.05) is 19.3 Å². The summed E-state index contributed by atoms with van der Waals surface area (Å²) in [5, 5.41) is 9.70. The topological polar surface area (TPSA) is 81.9 Å². The largest absolute Gasteiger partial charge is 0.468 e. The summed E-state index contributed by atoms with van der Waals surface area (Å²) in [6.07, 6.45) is 11.2. The second kappa shape index (κ2) is 14.7. The number of guanidine groups is 1. The number of hydrogen-bond acceptors (Lipinski definition) is 4. The molecule has 2 aliphatic rings. The maximum Gasteiger partial charge on any atom is 0.220 e. The molecule has 3 rings (SSSR count). The van der Waals surface area contributed by atoms with Gasteiger partial charge in [-0.3, -0.25) is 14.7 Å². The van der Waals surface area contributed by atoms with Crippen LogP contribution in [0.15, 0.2) is 27.8 Å². The molecular weight excluding hydrogens is 505 g/mol. The molecule has 1 aliphatic carbocycles. The molecule has 3 N–H and O–H groups in total.